The second kappa shape index (κ2) is 3.65. The van der Waals surface area contributed by atoms with Crippen molar-refractivity contribution in [1.82, 2.24) is 4.90 Å². The molecule has 1 saturated heterocycles. The molecule has 0 radical (unpaired) electrons. The number of carbonyl (C=O) groups is 2. The smallest absolute Gasteiger partial charge is 0.231 e. The van der Waals surface area contributed by atoms with Crippen LogP contribution in [0.5, 0.6) is 0 Å². The largest absolute Gasteiger partial charge is 0.316 e. The first-order chi connectivity index (χ1) is 7.18. The second-order valence-corrected chi connectivity index (χ2v) is 4.40. The van der Waals surface area contributed by atoms with Crippen LogP contribution >= 0.6 is 0 Å². The van der Waals surface area contributed by atoms with Gasteiger partial charge in [0.15, 0.2) is 5.78 Å². The molecule has 2 aliphatic rings. The summed E-state index contributed by atoms with van der Waals surface area (Å²) in [5, 5.41) is 9.25. The number of hydrogen-bond acceptors (Lipinski definition) is 3. The molecule has 0 unspecified atom stereocenters. The van der Waals surface area contributed by atoms with Crippen LogP contribution in [0.2, 0.25) is 0 Å². The predicted molar refractivity (Wildman–Crippen MR) is 52.8 cm³/mol. The molecule has 2 fully saturated rings. The molecule has 4 nitrogen and oxygen atoms in total. The normalized spacial score (nSPS) is 25.4. The van der Waals surface area contributed by atoms with E-state index >= 15 is 0 Å². The third-order valence-electron chi connectivity index (χ3n) is 3.39. The molecule has 2 rings (SSSR count). The second-order valence-electron chi connectivity index (χ2n) is 4.40. The third kappa shape index (κ3) is 1.63. The zero-order valence-corrected chi connectivity index (χ0v) is 8.66. The number of carbonyl (C=O) groups excluding carboxylic acids is 2. The van der Waals surface area contributed by atoms with Crippen LogP contribution < -0.4 is 0 Å². The molecule has 0 N–H and O–H groups in total. The van der Waals surface area contributed by atoms with E-state index in [1.807, 2.05) is 0 Å². The zero-order valence-electron chi connectivity index (χ0n) is 8.66. The van der Waals surface area contributed by atoms with E-state index in [9.17, 15) is 14.9 Å². The average molecular weight is 206 g/mol. The number of likely N-dealkylation sites (tertiary alicyclic amines) is 1. The van der Waals surface area contributed by atoms with Crippen LogP contribution in [0.4, 0.5) is 0 Å². The Labute approximate surface area is 88.9 Å². The minimum Gasteiger partial charge on any atom is -0.316 e. The van der Waals surface area contributed by atoms with E-state index in [0.717, 1.165) is 32.1 Å². The Hall–Kier alpha value is -1.37. The van der Waals surface area contributed by atoms with Gasteiger partial charge < -0.3 is 4.90 Å². The van der Waals surface area contributed by atoms with E-state index < -0.39 is 5.54 Å². The molecule has 0 spiro atoms. The van der Waals surface area contributed by atoms with Gasteiger partial charge in [0.1, 0.15) is 5.54 Å². The van der Waals surface area contributed by atoms with Gasteiger partial charge in [0, 0.05) is 0 Å². The Kier molecular flexibility index (Phi) is 2.47. The molecular formula is C11H14N2O2. The summed E-state index contributed by atoms with van der Waals surface area (Å²) in [6, 6.07) is 2.26. The van der Waals surface area contributed by atoms with Crippen LogP contribution in [0, 0.1) is 11.3 Å². The van der Waals surface area contributed by atoms with E-state index in [2.05, 4.69) is 6.07 Å². The fourth-order valence-electron chi connectivity index (χ4n) is 2.55. The first kappa shape index (κ1) is 10.2. The minimum absolute atomic E-state index is 0.0105. The van der Waals surface area contributed by atoms with Crippen LogP contribution in [0.25, 0.3) is 0 Å². The summed E-state index contributed by atoms with van der Waals surface area (Å²) in [6.07, 6.45) is 4.52. The lowest BCUT2D eigenvalue weighted by Gasteiger charge is -2.38. The standard InChI is InChI=1S/C11H14N2O2/c12-8-11(4-2-1-3-5-11)13-7-9(14)6-10(13)15/h1-7H2. The van der Waals surface area contributed by atoms with Crippen LogP contribution in [-0.2, 0) is 9.59 Å². The number of ketones is 1. The SMILES string of the molecule is N#CC1(N2CC(=O)CC2=O)CCCCC1. The summed E-state index contributed by atoms with van der Waals surface area (Å²) >= 11 is 0. The van der Waals surface area contributed by atoms with Crippen molar-refractivity contribution in [2.45, 2.75) is 44.1 Å². The quantitative estimate of drug-likeness (QED) is 0.601. The highest BCUT2D eigenvalue weighted by Crippen LogP contribution is 2.35. The van der Waals surface area contributed by atoms with E-state index in [1.165, 1.54) is 4.90 Å². The Morgan fingerprint density at radius 1 is 1.20 bits per heavy atom. The van der Waals surface area contributed by atoms with Crippen molar-refractivity contribution >= 4 is 11.7 Å². The maximum atomic E-state index is 11.6. The molecule has 0 bridgehead atoms. The van der Waals surface area contributed by atoms with Gasteiger partial charge in [-0.1, -0.05) is 19.3 Å². The lowest BCUT2D eigenvalue weighted by atomic mass is 9.81. The fourth-order valence-corrected chi connectivity index (χ4v) is 2.55. The topological polar surface area (TPSA) is 61.2 Å². The Bertz CT molecular complexity index is 337. The lowest BCUT2D eigenvalue weighted by molar-refractivity contribution is -0.132. The number of Topliss-reactive ketones (excluding diaryl/α,β-unsaturated/α-hetero) is 1. The third-order valence-corrected chi connectivity index (χ3v) is 3.39. The zero-order chi connectivity index (χ0) is 10.9. The number of hydrogen-bond donors (Lipinski definition) is 0. The Morgan fingerprint density at radius 2 is 1.87 bits per heavy atom. The van der Waals surface area contributed by atoms with Crippen LogP contribution in [0.1, 0.15) is 38.5 Å². The summed E-state index contributed by atoms with van der Waals surface area (Å²) in [4.78, 5) is 24.3. The maximum Gasteiger partial charge on any atom is 0.231 e. The number of nitriles is 1. The molecule has 0 aromatic carbocycles. The molecule has 1 amide bonds. The van der Waals surface area contributed by atoms with Crippen molar-refractivity contribution < 1.29 is 9.59 Å². The molecule has 0 aromatic rings. The molecule has 1 heterocycles. The van der Waals surface area contributed by atoms with E-state index in [1.54, 1.807) is 0 Å². The molecule has 0 atom stereocenters. The molecule has 1 saturated carbocycles. The average Bonchev–Trinajstić information content (AvgIpc) is 2.59. The first-order valence-corrected chi connectivity index (χ1v) is 5.41. The van der Waals surface area contributed by atoms with Crippen molar-refractivity contribution in [3.63, 3.8) is 0 Å². The molecule has 15 heavy (non-hydrogen) atoms. The van der Waals surface area contributed by atoms with Gasteiger partial charge in [-0.2, -0.15) is 5.26 Å². The highest BCUT2D eigenvalue weighted by atomic mass is 16.2. The number of amides is 1. The maximum absolute atomic E-state index is 11.6. The number of nitrogens with zero attached hydrogens (tertiary/aromatic N) is 2. The summed E-state index contributed by atoms with van der Waals surface area (Å²) in [6.45, 7) is 0.145. The van der Waals surface area contributed by atoms with Gasteiger partial charge in [-0.25, -0.2) is 0 Å². The summed E-state index contributed by atoms with van der Waals surface area (Å²) in [7, 11) is 0. The highest BCUT2D eigenvalue weighted by molar-refractivity contribution is 6.05. The fraction of sp³-hybridized carbons (Fsp3) is 0.727. The lowest BCUT2D eigenvalue weighted by Crippen LogP contribution is -2.49. The summed E-state index contributed by atoms with van der Waals surface area (Å²) in [5.74, 6) is -0.219. The van der Waals surface area contributed by atoms with Crippen molar-refractivity contribution in [2.75, 3.05) is 6.54 Å². The van der Waals surface area contributed by atoms with Gasteiger partial charge in [0.2, 0.25) is 5.91 Å². The number of rotatable bonds is 1. The van der Waals surface area contributed by atoms with E-state index in [0.29, 0.717) is 0 Å². The first-order valence-electron chi connectivity index (χ1n) is 5.41. The van der Waals surface area contributed by atoms with Crippen LogP contribution in [-0.4, -0.2) is 28.7 Å². The molecule has 0 aromatic heterocycles. The molecule has 4 heteroatoms. The summed E-state index contributed by atoms with van der Waals surface area (Å²) < 4.78 is 0. The molecule has 1 aliphatic heterocycles. The molecular weight excluding hydrogens is 192 g/mol. The highest BCUT2D eigenvalue weighted by Gasteiger charge is 2.45. The Morgan fingerprint density at radius 3 is 2.33 bits per heavy atom. The van der Waals surface area contributed by atoms with Gasteiger partial charge in [0.05, 0.1) is 19.0 Å². The van der Waals surface area contributed by atoms with Gasteiger partial charge in [-0.05, 0) is 12.8 Å². The predicted octanol–water partition coefficient (Wildman–Crippen LogP) is 1.01. The van der Waals surface area contributed by atoms with Gasteiger partial charge >= 0.3 is 0 Å². The minimum atomic E-state index is -0.679. The van der Waals surface area contributed by atoms with E-state index in [4.69, 9.17) is 0 Å². The Balaban J connectivity index is 2.22. The van der Waals surface area contributed by atoms with Crippen LogP contribution in [0.3, 0.4) is 0 Å². The molecule has 80 valence electrons. The van der Waals surface area contributed by atoms with Crippen molar-refractivity contribution in [3.8, 4) is 6.07 Å². The van der Waals surface area contributed by atoms with Crippen LogP contribution in [0.15, 0.2) is 0 Å². The van der Waals surface area contributed by atoms with E-state index in [-0.39, 0.29) is 24.7 Å². The van der Waals surface area contributed by atoms with Gasteiger partial charge in [-0.3, -0.25) is 9.59 Å². The molecule has 1 aliphatic carbocycles. The summed E-state index contributed by atoms with van der Waals surface area (Å²) in [5.41, 5.74) is -0.679. The van der Waals surface area contributed by atoms with Crippen molar-refractivity contribution in [3.05, 3.63) is 0 Å². The van der Waals surface area contributed by atoms with Crippen molar-refractivity contribution in [1.29, 1.82) is 5.26 Å². The van der Waals surface area contributed by atoms with Gasteiger partial charge in [-0.15, -0.1) is 0 Å². The van der Waals surface area contributed by atoms with Gasteiger partial charge in [0.25, 0.3) is 0 Å². The monoisotopic (exact) mass is 206 g/mol. The van der Waals surface area contributed by atoms with Crippen molar-refractivity contribution in [2.24, 2.45) is 0 Å².